The van der Waals surface area contributed by atoms with Gasteiger partial charge < -0.3 is 10.6 Å². The topological polar surface area (TPSA) is 69.8 Å². The average Bonchev–Trinajstić information content (AvgIpc) is 2.88. The standard InChI is InChI=1S/C16H16N4O/c1-3-15(21)18-13-6-4-5-11(7-13)12-8-14-10(2)19-20-16(14)17-9-12/h3-8H,1,9H2,2H3,(H,18,21)(H2,17,19,20). The van der Waals surface area contributed by atoms with Gasteiger partial charge in [0.1, 0.15) is 0 Å². The van der Waals surface area contributed by atoms with Gasteiger partial charge in [0.15, 0.2) is 5.82 Å². The minimum Gasteiger partial charge on any atom is -0.364 e. The summed E-state index contributed by atoms with van der Waals surface area (Å²) in [5.41, 5.74) is 5.09. The summed E-state index contributed by atoms with van der Waals surface area (Å²) in [6.45, 7) is 6.15. The highest BCUT2D eigenvalue weighted by atomic mass is 16.1. The van der Waals surface area contributed by atoms with Crippen molar-refractivity contribution in [2.24, 2.45) is 0 Å². The van der Waals surface area contributed by atoms with E-state index in [2.05, 4.69) is 33.5 Å². The Morgan fingerprint density at radius 3 is 3.14 bits per heavy atom. The number of aromatic nitrogens is 2. The molecule has 0 unspecified atom stereocenters. The van der Waals surface area contributed by atoms with E-state index >= 15 is 0 Å². The van der Waals surface area contributed by atoms with Crippen molar-refractivity contribution >= 4 is 29.1 Å². The Balaban J connectivity index is 1.93. The van der Waals surface area contributed by atoms with Crippen molar-refractivity contribution in [2.45, 2.75) is 6.92 Å². The Bertz CT molecular complexity index is 742. The van der Waals surface area contributed by atoms with Gasteiger partial charge in [0.25, 0.3) is 0 Å². The molecule has 106 valence electrons. The number of carbonyl (C=O) groups is 1. The number of benzene rings is 1. The number of carbonyl (C=O) groups excluding carboxylic acids is 1. The van der Waals surface area contributed by atoms with Gasteiger partial charge in [-0.2, -0.15) is 5.10 Å². The zero-order valence-electron chi connectivity index (χ0n) is 11.7. The van der Waals surface area contributed by atoms with E-state index in [9.17, 15) is 4.79 Å². The number of amides is 1. The largest absolute Gasteiger partial charge is 0.364 e. The second kappa shape index (κ2) is 5.28. The van der Waals surface area contributed by atoms with Gasteiger partial charge in [0.05, 0.1) is 0 Å². The SMILES string of the molecule is C=CC(=O)Nc1cccc(C2=Cc3c(n[nH]c3C)NC2)c1. The number of H-pyrrole nitrogens is 1. The third-order valence-corrected chi connectivity index (χ3v) is 3.45. The van der Waals surface area contributed by atoms with Crippen molar-refractivity contribution < 1.29 is 4.79 Å². The number of hydrogen-bond acceptors (Lipinski definition) is 3. The molecule has 0 saturated carbocycles. The molecule has 1 aromatic carbocycles. The number of anilines is 2. The molecule has 3 rings (SSSR count). The summed E-state index contributed by atoms with van der Waals surface area (Å²) in [6.07, 6.45) is 3.38. The Labute approximate surface area is 122 Å². The molecule has 1 aromatic heterocycles. The Morgan fingerprint density at radius 2 is 2.33 bits per heavy atom. The van der Waals surface area contributed by atoms with Gasteiger partial charge in [0, 0.05) is 23.5 Å². The lowest BCUT2D eigenvalue weighted by Crippen LogP contribution is -2.11. The maximum atomic E-state index is 11.4. The van der Waals surface area contributed by atoms with E-state index in [0.29, 0.717) is 6.54 Å². The molecule has 1 aliphatic rings. The van der Waals surface area contributed by atoms with E-state index in [-0.39, 0.29) is 5.91 Å². The second-order valence-corrected chi connectivity index (χ2v) is 4.91. The van der Waals surface area contributed by atoms with Gasteiger partial charge in [-0.25, -0.2) is 0 Å². The summed E-state index contributed by atoms with van der Waals surface area (Å²) in [6, 6.07) is 7.76. The van der Waals surface area contributed by atoms with Crippen LogP contribution in [0.4, 0.5) is 11.5 Å². The van der Waals surface area contributed by atoms with Crippen LogP contribution in [0.15, 0.2) is 36.9 Å². The molecule has 5 heteroatoms. The third kappa shape index (κ3) is 2.58. The molecule has 0 aliphatic carbocycles. The third-order valence-electron chi connectivity index (χ3n) is 3.45. The van der Waals surface area contributed by atoms with Crippen LogP contribution in [-0.2, 0) is 4.79 Å². The lowest BCUT2D eigenvalue weighted by molar-refractivity contribution is -0.111. The quantitative estimate of drug-likeness (QED) is 0.757. The molecule has 2 heterocycles. The number of aryl methyl sites for hydroxylation is 1. The molecular weight excluding hydrogens is 264 g/mol. The first-order valence-electron chi connectivity index (χ1n) is 6.70. The van der Waals surface area contributed by atoms with Crippen molar-refractivity contribution in [3.8, 4) is 0 Å². The fraction of sp³-hybridized carbons (Fsp3) is 0.125. The maximum absolute atomic E-state index is 11.4. The van der Waals surface area contributed by atoms with Crippen LogP contribution in [0.5, 0.6) is 0 Å². The van der Waals surface area contributed by atoms with Crippen LogP contribution in [0.25, 0.3) is 11.6 Å². The lowest BCUT2D eigenvalue weighted by atomic mass is 9.99. The predicted molar refractivity (Wildman–Crippen MR) is 85.0 cm³/mol. The van der Waals surface area contributed by atoms with Crippen LogP contribution in [-0.4, -0.2) is 22.6 Å². The van der Waals surface area contributed by atoms with Gasteiger partial charge >= 0.3 is 0 Å². The van der Waals surface area contributed by atoms with Gasteiger partial charge in [-0.15, -0.1) is 0 Å². The minimum absolute atomic E-state index is 0.212. The molecule has 0 spiro atoms. The first kappa shape index (κ1) is 13.2. The molecule has 2 aromatic rings. The van der Waals surface area contributed by atoms with Crippen LogP contribution < -0.4 is 10.6 Å². The van der Waals surface area contributed by atoms with Crippen LogP contribution in [0.3, 0.4) is 0 Å². The zero-order valence-corrected chi connectivity index (χ0v) is 11.7. The lowest BCUT2D eigenvalue weighted by Gasteiger charge is -2.16. The van der Waals surface area contributed by atoms with Crippen molar-refractivity contribution in [3.05, 3.63) is 53.7 Å². The summed E-state index contributed by atoms with van der Waals surface area (Å²) >= 11 is 0. The van der Waals surface area contributed by atoms with Crippen LogP contribution in [0.2, 0.25) is 0 Å². The fourth-order valence-corrected chi connectivity index (χ4v) is 2.33. The van der Waals surface area contributed by atoms with Crippen molar-refractivity contribution in [1.82, 2.24) is 10.2 Å². The van der Waals surface area contributed by atoms with Crippen LogP contribution in [0.1, 0.15) is 16.8 Å². The molecule has 21 heavy (non-hydrogen) atoms. The van der Waals surface area contributed by atoms with E-state index in [1.807, 2.05) is 31.2 Å². The molecule has 3 N–H and O–H groups in total. The Kier molecular flexibility index (Phi) is 3.31. The van der Waals surface area contributed by atoms with Gasteiger partial charge in [0.2, 0.25) is 5.91 Å². The number of hydrogen-bond donors (Lipinski definition) is 3. The van der Waals surface area contributed by atoms with Gasteiger partial charge in [-0.05, 0) is 42.3 Å². The molecule has 5 nitrogen and oxygen atoms in total. The van der Waals surface area contributed by atoms with Gasteiger partial charge in [-0.1, -0.05) is 18.7 Å². The molecule has 0 saturated heterocycles. The zero-order chi connectivity index (χ0) is 14.8. The summed E-state index contributed by atoms with van der Waals surface area (Å²) < 4.78 is 0. The summed E-state index contributed by atoms with van der Waals surface area (Å²) in [5.74, 6) is 0.670. The van der Waals surface area contributed by atoms with Crippen molar-refractivity contribution in [2.75, 3.05) is 17.2 Å². The Hall–Kier alpha value is -2.82. The highest BCUT2D eigenvalue weighted by Gasteiger charge is 2.15. The monoisotopic (exact) mass is 280 g/mol. The molecule has 1 aliphatic heterocycles. The van der Waals surface area contributed by atoms with Crippen molar-refractivity contribution in [1.29, 1.82) is 0 Å². The van der Waals surface area contributed by atoms with Crippen molar-refractivity contribution in [3.63, 3.8) is 0 Å². The number of fused-ring (bicyclic) bond motifs is 1. The van der Waals surface area contributed by atoms with E-state index in [1.165, 1.54) is 6.08 Å². The predicted octanol–water partition coefficient (Wildman–Crippen LogP) is 2.81. The van der Waals surface area contributed by atoms with E-state index < -0.39 is 0 Å². The van der Waals surface area contributed by atoms with E-state index in [1.54, 1.807) is 0 Å². The average molecular weight is 280 g/mol. The van der Waals surface area contributed by atoms with Gasteiger partial charge in [-0.3, -0.25) is 9.89 Å². The normalized spacial score (nSPS) is 12.9. The highest BCUT2D eigenvalue weighted by Crippen LogP contribution is 2.29. The van der Waals surface area contributed by atoms with Crippen LogP contribution >= 0.6 is 0 Å². The fourth-order valence-electron chi connectivity index (χ4n) is 2.33. The highest BCUT2D eigenvalue weighted by molar-refractivity contribution is 5.99. The smallest absolute Gasteiger partial charge is 0.247 e. The number of nitrogens with one attached hydrogen (secondary N) is 3. The molecular formula is C16H16N4O. The number of nitrogens with zero attached hydrogens (tertiary/aromatic N) is 1. The summed E-state index contributed by atoms with van der Waals surface area (Å²) in [5, 5.41) is 13.2. The Morgan fingerprint density at radius 1 is 1.48 bits per heavy atom. The summed E-state index contributed by atoms with van der Waals surface area (Å²) in [7, 11) is 0. The minimum atomic E-state index is -0.212. The second-order valence-electron chi connectivity index (χ2n) is 4.91. The number of rotatable bonds is 3. The first-order chi connectivity index (χ1) is 10.2. The van der Waals surface area contributed by atoms with E-state index in [4.69, 9.17) is 0 Å². The molecule has 0 bridgehead atoms. The van der Waals surface area contributed by atoms with Crippen LogP contribution in [0, 0.1) is 6.92 Å². The molecule has 1 amide bonds. The van der Waals surface area contributed by atoms with E-state index in [0.717, 1.165) is 33.9 Å². The molecule has 0 radical (unpaired) electrons. The maximum Gasteiger partial charge on any atom is 0.247 e. The first-order valence-corrected chi connectivity index (χ1v) is 6.70. The molecule has 0 fully saturated rings. The molecule has 0 atom stereocenters. The summed E-state index contributed by atoms with van der Waals surface area (Å²) in [4.78, 5) is 11.4. The number of aromatic amines is 1.